The van der Waals surface area contributed by atoms with Gasteiger partial charge in [-0.25, -0.2) is 0 Å². The third kappa shape index (κ3) is 6.43. The fraction of sp³-hybridized carbons (Fsp3) is 0.0164. The number of fused-ring (bicyclic) bond motifs is 6. The van der Waals surface area contributed by atoms with Crippen molar-refractivity contribution in [1.29, 1.82) is 0 Å². The second-order valence-electron chi connectivity index (χ2n) is 16.5. The van der Waals surface area contributed by atoms with Gasteiger partial charge in [-0.05, 0) is 111 Å². The lowest BCUT2D eigenvalue weighted by Crippen LogP contribution is -2.04. The van der Waals surface area contributed by atoms with Crippen LogP contribution in [0.15, 0.2) is 249 Å². The summed E-state index contributed by atoms with van der Waals surface area (Å²) in [5.41, 5.74) is 18.2. The Balaban J connectivity index is 0.936. The molecule has 0 saturated carbocycles. The molecule has 0 saturated heterocycles. The molecule has 0 unspecified atom stereocenters. The predicted octanol–water partition coefficient (Wildman–Crippen LogP) is 16.1. The molecule has 63 heavy (non-hydrogen) atoms. The Kier molecular flexibility index (Phi) is 8.93. The van der Waals surface area contributed by atoms with Crippen LogP contribution in [-0.4, -0.2) is 9.13 Å². The van der Waals surface area contributed by atoms with Crippen molar-refractivity contribution in [2.45, 2.75) is 5.92 Å². The molecule has 296 valence electrons. The highest BCUT2D eigenvalue weighted by Crippen LogP contribution is 2.40. The van der Waals surface area contributed by atoms with Gasteiger partial charge < -0.3 is 9.13 Å². The van der Waals surface area contributed by atoms with Gasteiger partial charge in [-0.2, -0.15) is 0 Å². The minimum atomic E-state index is 0.0634. The summed E-state index contributed by atoms with van der Waals surface area (Å²) < 4.78 is 4.80. The van der Waals surface area contributed by atoms with Crippen LogP contribution in [0.1, 0.15) is 22.6 Å². The summed E-state index contributed by atoms with van der Waals surface area (Å²) >= 11 is 0. The van der Waals surface area contributed by atoms with Crippen molar-refractivity contribution in [2.75, 3.05) is 0 Å². The first-order valence-electron chi connectivity index (χ1n) is 21.8. The van der Waals surface area contributed by atoms with Crippen LogP contribution in [-0.2, 0) is 0 Å². The molecular formula is C61H42N2. The zero-order valence-electron chi connectivity index (χ0n) is 34.6. The van der Waals surface area contributed by atoms with Crippen LogP contribution in [0.2, 0.25) is 0 Å². The molecule has 12 rings (SSSR count). The van der Waals surface area contributed by atoms with Crippen LogP contribution in [0.3, 0.4) is 0 Å². The summed E-state index contributed by atoms with van der Waals surface area (Å²) in [7, 11) is 0. The van der Waals surface area contributed by atoms with E-state index in [1.54, 1.807) is 0 Å². The lowest BCUT2D eigenvalue weighted by atomic mass is 9.84. The van der Waals surface area contributed by atoms with Gasteiger partial charge in [0.1, 0.15) is 0 Å². The van der Waals surface area contributed by atoms with Crippen LogP contribution in [0.25, 0.3) is 88.4 Å². The monoisotopic (exact) mass is 802 g/mol. The summed E-state index contributed by atoms with van der Waals surface area (Å²) in [6.07, 6.45) is 0. The largest absolute Gasteiger partial charge is 0.309 e. The van der Waals surface area contributed by atoms with Gasteiger partial charge in [-0.1, -0.05) is 188 Å². The number of aromatic nitrogens is 2. The highest BCUT2D eigenvalue weighted by Gasteiger charge is 2.20. The van der Waals surface area contributed by atoms with Gasteiger partial charge in [-0.3, -0.25) is 0 Å². The Hall–Kier alpha value is -8.20. The fourth-order valence-electron chi connectivity index (χ4n) is 9.83. The number of para-hydroxylation sites is 3. The van der Waals surface area contributed by atoms with E-state index in [-0.39, 0.29) is 5.92 Å². The highest BCUT2D eigenvalue weighted by molar-refractivity contribution is 6.12. The molecule has 0 aliphatic heterocycles. The van der Waals surface area contributed by atoms with Crippen molar-refractivity contribution in [3.05, 3.63) is 265 Å². The fourth-order valence-corrected chi connectivity index (χ4v) is 9.83. The van der Waals surface area contributed by atoms with Crippen molar-refractivity contribution in [3.63, 3.8) is 0 Å². The number of rotatable bonds is 8. The molecule has 0 spiro atoms. The molecule has 0 N–H and O–H groups in total. The van der Waals surface area contributed by atoms with Gasteiger partial charge in [0.15, 0.2) is 0 Å². The Morgan fingerprint density at radius 1 is 0.222 bits per heavy atom. The molecule has 2 heteroatoms. The van der Waals surface area contributed by atoms with Crippen LogP contribution < -0.4 is 0 Å². The molecular weight excluding hydrogens is 761 g/mol. The van der Waals surface area contributed by atoms with E-state index >= 15 is 0 Å². The van der Waals surface area contributed by atoms with Gasteiger partial charge in [0.05, 0.1) is 22.1 Å². The Morgan fingerprint density at radius 3 is 0.984 bits per heavy atom. The van der Waals surface area contributed by atoms with E-state index in [0.29, 0.717) is 0 Å². The minimum absolute atomic E-state index is 0.0634. The lowest BCUT2D eigenvalue weighted by molar-refractivity contribution is 0.975. The Morgan fingerprint density at radius 2 is 0.540 bits per heavy atom. The van der Waals surface area contributed by atoms with E-state index < -0.39 is 0 Å². The van der Waals surface area contributed by atoms with Gasteiger partial charge in [0.2, 0.25) is 0 Å². The molecule has 0 aliphatic carbocycles. The maximum absolute atomic E-state index is 2.42. The summed E-state index contributed by atoms with van der Waals surface area (Å²) in [6.45, 7) is 0. The van der Waals surface area contributed by atoms with E-state index in [0.717, 1.165) is 5.69 Å². The lowest BCUT2D eigenvalue weighted by Gasteiger charge is -2.21. The van der Waals surface area contributed by atoms with Gasteiger partial charge in [-0.15, -0.1) is 0 Å². The van der Waals surface area contributed by atoms with E-state index in [4.69, 9.17) is 0 Å². The van der Waals surface area contributed by atoms with Gasteiger partial charge in [0, 0.05) is 38.8 Å². The molecule has 12 aromatic rings. The molecule has 0 amide bonds. The summed E-state index contributed by atoms with van der Waals surface area (Å²) in [5.74, 6) is 0.0634. The van der Waals surface area contributed by atoms with Crippen LogP contribution in [0, 0.1) is 0 Å². The highest BCUT2D eigenvalue weighted by atomic mass is 15.0. The number of benzene rings is 10. The second-order valence-corrected chi connectivity index (χ2v) is 16.5. The average Bonchev–Trinajstić information content (AvgIpc) is 3.88. The van der Waals surface area contributed by atoms with Crippen molar-refractivity contribution in [2.24, 2.45) is 0 Å². The SMILES string of the molecule is c1ccc(-c2ccc(C(c3ccc(-c4ccccc4)cc3)c3ccc(-n4c5ccccc5c5cc(-c6ccc7c(c6)c6ccccc6n7-c6ccccc6)ccc54)cc3)cc2)cc1. The second kappa shape index (κ2) is 15.4. The Bertz CT molecular complexity index is 3480. The molecule has 0 aliphatic rings. The maximum atomic E-state index is 2.42. The molecule has 0 fully saturated rings. The quantitative estimate of drug-likeness (QED) is 0.135. The first-order chi connectivity index (χ1) is 31.2. The van der Waals surface area contributed by atoms with E-state index in [1.807, 2.05) is 0 Å². The number of hydrogen-bond acceptors (Lipinski definition) is 0. The molecule has 2 heterocycles. The summed E-state index contributed by atoms with van der Waals surface area (Å²) in [4.78, 5) is 0. The molecule has 0 atom stereocenters. The average molecular weight is 803 g/mol. The number of nitrogens with zero attached hydrogens (tertiary/aromatic N) is 2. The molecule has 2 aromatic heterocycles. The van der Waals surface area contributed by atoms with E-state index in [2.05, 4.69) is 258 Å². The molecule has 0 radical (unpaired) electrons. The van der Waals surface area contributed by atoms with Crippen LogP contribution in [0.5, 0.6) is 0 Å². The molecule has 0 bridgehead atoms. The maximum Gasteiger partial charge on any atom is 0.0541 e. The van der Waals surface area contributed by atoms with Crippen molar-refractivity contribution in [3.8, 4) is 44.8 Å². The topological polar surface area (TPSA) is 9.86 Å². The number of hydrogen-bond donors (Lipinski definition) is 0. The van der Waals surface area contributed by atoms with Crippen LogP contribution >= 0.6 is 0 Å². The van der Waals surface area contributed by atoms with E-state index in [1.165, 1.54) is 99.4 Å². The van der Waals surface area contributed by atoms with Crippen LogP contribution in [0.4, 0.5) is 0 Å². The summed E-state index contributed by atoms with van der Waals surface area (Å²) in [5, 5.41) is 5.01. The smallest absolute Gasteiger partial charge is 0.0541 e. The zero-order chi connectivity index (χ0) is 41.7. The minimum Gasteiger partial charge on any atom is -0.309 e. The standard InChI is InChI=1S/C61H42N2/c1-4-14-42(15-5-1)44-24-28-46(29-25-44)61(47-30-26-45(27-31-47)43-16-6-2-7-17-43)48-32-36-52(37-33-48)63-58-23-13-11-21-54(58)56-41-50(35-39-60(56)63)49-34-38-59-55(40-49)53-20-10-12-22-57(53)62(59)51-18-8-3-9-19-51/h1-41,61H. The normalized spacial score (nSPS) is 11.6. The third-order valence-corrected chi connectivity index (χ3v) is 12.9. The first-order valence-corrected chi connectivity index (χ1v) is 21.8. The van der Waals surface area contributed by atoms with Crippen molar-refractivity contribution in [1.82, 2.24) is 9.13 Å². The molecule has 2 nitrogen and oxygen atoms in total. The predicted molar refractivity (Wildman–Crippen MR) is 265 cm³/mol. The van der Waals surface area contributed by atoms with Crippen molar-refractivity contribution < 1.29 is 0 Å². The Labute approximate surface area is 367 Å². The van der Waals surface area contributed by atoms with Crippen molar-refractivity contribution >= 4 is 43.6 Å². The van der Waals surface area contributed by atoms with E-state index in [9.17, 15) is 0 Å². The van der Waals surface area contributed by atoms with Gasteiger partial charge in [0.25, 0.3) is 0 Å². The molecule has 10 aromatic carbocycles. The third-order valence-electron chi connectivity index (χ3n) is 12.9. The first kappa shape index (κ1) is 36.6. The summed E-state index contributed by atoms with van der Waals surface area (Å²) in [6, 6.07) is 90.9. The zero-order valence-corrected chi connectivity index (χ0v) is 34.6. The van der Waals surface area contributed by atoms with Gasteiger partial charge >= 0.3 is 0 Å².